The number of benzene rings is 1. The predicted molar refractivity (Wildman–Crippen MR) is 75.3 cm³/mol. The minimum atomic E-state index is 0.247. The normalized spacial score (nSPS) is 12.7. The Morgan fingerprint density at radius 2 is 2.12 bits per heavy atom. The Kier molecular flexibility index (Phi) is 3.91. The molecule has 1 aromatic heterocycles. The maximum atomic E-state index is 4.26. The van der Waals surface area contributed by atoms with Crippen molar-refractivity contribution in [1.82, 2.24) is 15.5 Å². The zero-order valence-electron chi connectivity index (χ0n) is 9.99. The molecule has 0 aliphatic heterocycles. The molecule has 0 radical (unpaired) electrons. The Morgan fingerprint density at radius 3 is 2.76 bits per heavy atom. The van der Waals surface area contributed by atoms with E-state index in [4.69, 9.17) is 0 Å². The van der Waals surface area contributed by atoms with Crippen LogP contribution < -0.4 is 5.32 Å². The molecule has 1 atom stereocenters. The molecule has 3 nitrogen and oxygen atoms in total. The topological polar surface area (TPSA) is 37.8 Å². The molecule has 0 aliphatic carbocycles. The zero-order valence-corrected chi connectivity index (χ0v) is 12.4. The molecule has 5 heteroatoms. The zero-order chi connectivity index (χ0) is 12.4. The Balaban J connectivity index is 2.37. The van der Waals surface area contributed by atoms with Gasteiger partial charge in [-0.25, -0.2) is 0 Å². The van der Waals surface area contributed by atoms with Crippen LogP contribution in [0.15, 0.2) is 22.7 Å². The first-order valence-electron chi connectivity index (χ1n) is 5.39. The highest BCUT2D eigenvalue weighted by molar-refractivity contribution is 9.10. The highest BCUT2D eigenvalue weighted by Crippen LogP contribution is 2.30. The molecular weight excluding hydrogens is 298 g/mol. The lowest BCUT2D eigenvalue weighted by Gasteiger charge is -2.03. The van der Waals surface area contributed by atoms with E-state index in [1.807, 2.05) is 13.1 Å². The number of aromatic nitrogens is 2. The minimum Gasteiger partial charge on any atom is -0.311 e. The van der Waals surface area contributed by atoms with Crippen molar-refractivity contribution < 1.29 is 0 Å². The van der Waals surface area contributed by atoms with Crippen LogP contribution in [-0.2, 0) is 0 Å². The molecule has 17 heavy (non-hydrogen) atoms. The van der Waals surface area contributed by atoms with Crippen LogP contribution in [0.25, 0.3) is 10.6 Å². The Hall–Kier alpha value is -0.780. The van der Waals surface area contributed by atoms with Crippen molar-refractivity contribution in [2.75, 3.05) is 7.05 Å². The third-order valence-electron chi connectivity index (χ3n) is 2.66. The maximum absolute atomic E-state index is 4.26. The number of hydrogen-bond acceptors (Lipinski definition) is 4. The van der Waals surface area contributed by atoms with Crippen molar-refractivity contribution in [1.29, 1.82) is 0 Å². The summed E-state index contributed by atoms with van der Waals surface area (Å²) >= 11 is 5.10. The molecule has 0 spiro atoms. The van der Waals surface area contributed by atoms with Crippen molar-refractivity contribution in [3.05, 3.63) is 33.2 Å². The number of nitrogens with zero attached hydrogens (tertiary/aromatic N) is 2. The summed E-state index contributed by atoms with van der Waals surface area (Å²) in [4.78, 5) is 0. The number of aryl methyl sites for hydroxylation is 1. The first-order valence-corrected chi connectivity index (χ1v) is 7.00. The molecule has 1 heterocycles. The summed E-state index contributed by atoms with van der Waals surface area (Å²) in [5.41, 5.74) is 2.36. The largest absolute Gasteiger partial charge is 0.311 e. The first kappa shape index (κ1) is 12.7. The fourth-order valence-corrected chi connectivity index (χ4v) is 2.98. The van der Waals surface area contributed by atoms with Gasteiger partial charge < -0.3 is 5.32 Å². The fraction of sp³-hybridized carbons (Fsp3) is 0.333. The second-order valence-corrected chi connectivity index (χ2v) is 5.84. The van der Waals surface area contributed by atoms with Crippen molar-refractivity contribution >= 4 is 27.3 Å². The number of nitrogens with one attached hydrogen (secondary N) is 1. The van der Waals surface area contributed by atoms with E-state index in [1.165, 1.54) is 5.56 Å². The molecule has 0 saturated carbocycles. The Morgan fingerprint density at radius 1 is 1.35 bits per heavy atom. The molecule has 1 unspecified atom stereocenters. The lowest BCUT2D eigenvalue weighted by Crippen LogP contribution is -2.11. The van der Waals surface area contributed by atoms with Crippen LogP contribution in [0.3, 0.4) is 0 Å². The Labute approximate surface area is 113 Å². The molecule has 2 aromatic rings. The van der Waals surface area contributed by atoms with Crippen LogP contribution >= 0.6 is 27.3 Å². The number of rotatable bonds is 3. The lowest BCUT2D eigenvalue weighted by atomic mass is 10.1. The molecule has 0 saturated heterocycles. The molecule has 1 aromatic carbocycles. The van der Waals surface area contributed by atoms with Gasteiger partial charge >= 0.3 is 0 Å². The van der Waals surface area contributed by atoms with E-state index >= 15 is 0 Å². The minimum absolute atomic E-state index is 0.247. The van der Waals surface area contributed by atoms with Crippen molar-refractivity contribution in [2.24, 2.45) is 0 Å². The molecule has 0 bridgehead atoms. The average Bonchev–Trinajstić information content (AvgIpc) is 2.77. The van der Waals surface area contributed by atoms with Crippen LogP contribution in [0.2, 0.25) is 0 Å². The SMILES string of the molecule is CNC(C)c1nnc(-c2ccc(Br)cc2C)s1. The van der Waals surface area contributed by atoms with Gasteiger partial charge in [-0.15, -0.1) is 10.2 Å². The van der Waals surface area contributed by atoms with Gasteiger partial charge in [0.25, 0.3) is 0 Å². The van der Waals surface area contributed by atoms with E-state index in [1.54, 1.807) is 11.3 Å². The summed E-state index contributed by atoms with van der Waals surface area (Å²) in [5.74, 6) is 0. The third kappa shape index (κ3) is 2.73. The highest BCUT2D eigenvalue weighted by atomic mass is 79.9. The summed E-state index contributed by atoms with van der Waals surface area (Å²) in [5, 5.41) is 13.6. The van der Waals surface area contributed by atoms with E-state index < -0.39 is 0 Å². The van der Waals surface area contributed by atoms with E-state index in [2.05, 4.69) is 57.4 Å². The molecule has 2 rings (SSSR count). The van der Waals surface area contributed by atoms with Crippen LogP contribution in [0.5, 0.6) is 0 Å². The standard InChI is InChI=1S/C12H14BrN3S/c1-7-6-9(13)4-5-10(7)12-16-15-11(17-12)8(2)14-3/h4-6,8,14H,1-3H3. The fourth-order valence-electron chi connectivity index (χ4n) is 1.51. The molecular formula is C12H14BrN3S. The quantitative estimate of drug-likeness (QED) is 0.942. The lowest BCUT2D eigenvalue weighted by molar-refractivity contribution is 0.640. The highest BCUT2D eigenvalue weighted by Gasteiger charge is 2.12. The summed E-state index contributed by atoms with van der Waals surface area (Å²) in [6.45, 7) is 4.17. The molecule has 0 fully saturated rings. The molecule has 0 aliphatic rings. The second-order valence-electron chi connectivity index (χ2n) is 3.92. The third-order valence-corrected chi connectivity index (χ3v) is 4.30. The van der Waals surface area contributed by atoms with Gasteiger partial charge in [0.2, 0.25) is 0 Å². The van der Waals surface area contributed by atoms with Gasteiger partial charge in [0.05, 0.1) is 6.04 Å². The van der Waals surface area contributed by atoms with E-state index in [9.17, 15) is 0 Å². The average molecular weight is 312 g/mol. The second kappa shape index (κ2) is 5.25. The molecule has 90 valence electrons. The van der Waals surface area contributed by atoms with E-state index in [0.717, 1.165) is 20.1 Å². The van der Waals surface area contributed by atoms with Crippen LogP contribution in [0, 0.1) is 6.92 Å². The Bertz CT molecular complexity index is 524. The van der Waals surface area contributed by atoms with Crippen LogP contribution in [0.1, 0.15) is 23.5 Å². The number of hydrogen-bond donors (Lipinski definition) is 1. The van der Waals surface area contributed by atoms with Gasteiger partial charge in [-0.1, -0.05) is 33.3 Å². The van der Waals surface area contributed by atoms with Gasteiger partial charge in [-0.3, -0.25) is 0 Å². The van der Waals surface area contributed by atoms with E-state index in [0.29, 0.717) is 0 Å². The van der Waals surface area contributed by atoms with Gasteiger partial charge in [0, 0.05) is 10.0 Å². The summed E-state index contributed by atoms with van der Waals surface area (Å²) in [7, 11) is 1.93. The predicted octanol–water partition coefficient (Wildman–Crippen LogP) is 3.56. The monoisotopic (exact) mass is 311 g/mol. The van der Waals surface area contributed by atoms with Crippen molar-refractivity contribution in [2.45, 2.75) is 19.9 Å². The summed E-state index contributed by atoms with van der Waals surface area (Å²) in [6.07, 6.45) is 0. The summed E-state index contributed by atoms with van der Waals surface area (Å²) in [6, 6.07) is 6.45. The van der Waals surface area contributed by atoms with E-state index in [-0.39, 0.29) is 6.04 Å². The molecule has 1 N–H and O–H groups in total. The van der Waals surface area contributed by atoms with Crippen LogP contribution in [-0.4, -0.2) is 17.2 Å². The van der Waals surface area contributed by atoms with Gasteiger partial charge in [-0.2, -0.15) is 0 Å². The van der Waals surface area contributed by atoms with Crippen LogP contribution in [0.4, 0.5) is 0 Å². The summed E-state index contributed by atoms with van der Waals surface area (Å²) < 4.78 is 1.09. The first-order chi connectivity index (χ1) is 8.11. The van der Waals surface area contributed by atoms with Gasteiger partial charge in [0.15, 0.2) is 0 Å². The van der Waals surface area contributed by atoms with Gasteiger partial charge in [0.1, 0.15) is 10.0 Å². The van der Waals surface area contributed by atoms with Crippen molar-refractivity contribution in [3.8, 4) is 10.6 Å². The maximum Gasteiger partial charge on any atom is 0.148 e. The molecule has 0 amide bonds. The number of halogens is 1. The van der Waals surface area contributed by atoms with Gasteiger partial charge in [-0.05, 0) is 38.6 Å². The van der Waals surface area contributed by atoms with Crippen molar-refractivity contribution in [3.63, 3.8) is 0 Å². The smallest absolute Gasteiger partial charge is 0.148 e.